The minimum Gasteiger partial charge on any atom is -0.457 e. The van der Waals surface area contributed by atoms with Gasteiger partial charge in [0, 0.05) is 11.6 Å². The number of esters is 2. The molecule has 1 aliphatic rings. The Kier molecular flexibility index (Phi) is 3.05. The molecule has 0 aromatic heterocycles. The number of para-hydroxylation sites is 2. The van der Waals surface area contributed by atoms with Crippen LogP contribution in [0.1, 0.15) is 5.56 Å². The van der Waals surface area contributed by atoms with Crippen molar-refractivity contribution in [2.45, 2.75) is 0 Å². The molecule has 0 spiro atoms. The summed E-state index contributed by atoms with van der Waals surface area (Å²) in [6, 6.07) is 16.2. The number of carbonyl (C=O) groups is 2. The molecule has 0 N–H and O–H groups in total. The Hall–Kier alpha value is -2.88. The lowest BCUT2D eigenvalue weighted by Crippen LogP contribution is -2.02. The topological polar surface area (TPSA) is 52.6 Å². The second-order valence-corrected chi connectivity index (χ2v) is 4.18. The van der Waals surface area contributed by atoms with E-state index in [1.165, 1.54) is 6.08 Å². The van der Waals surface area contributed by atoms with Crippen LogP contribution in [0.5, 0.6) is 11.5 Å². The lowest BCUT2D eigenvalue weighted by atomic mass is 10.1. The largest absolute Gasteiger partial charge is 0.457 e. The quantitative estimate of drug-likeness (QED) is 0.633. The highest BCUT2D eigenvalue weighted by atomic mass is 16.6. The summed E-state index contributed by atoms with van der Waals surface area (Å²) < 4.78 is 10.3. The maximum absolute atomic E-state index is 11.6. The molecule has 0 unspecified atom stereocenters. The molecule has 0 radical (unpaired) electrons. The Bertz CT molecular complexity index is 701. The van der Waals surface area contributed by atoms with Crippen molar-refractivity contribution in [2.75, 3.05) is 0 Å². The number of hydrogen-bond acceptors (Lipinski definition) is 4. The highest BCUT2D eigenvalue weighted by Gasteiger charge is 2.27. The molecular formula is C16H10O4. The van der Waals surface area contributed by atoms with Gasteiger partial charge in [0.15, 0.2) is 0 Å². The smallest absolute Gasteiger partial charge is 0.347 e. The second kappa shape index (κ2) is 5.01. The number of rotatable bonds is 3. The Balaban J connectivity index is 1.99. The monoisotopic (exact) mass is 266 g/mol. The molecule has 4 heteroatoms. The van der Waals surface area contributed by atoms with Crippen LogP contribution < -0.4 is 4.74 Å². The van der Waals surface area contributed by atoms with E-state index in [2.05, 4.69) is 4.74 Å². The number of cyclic esters (lactones) is 2. The molecule has 2 aromatic rings. The molecule has 0 aliphatic carbocycles. The molecular weight excluding hydrogens is 256 g/mol. The lowest BCUT2D eigenvalue weighted by molar-refractivity contribution is -0.149. The first-order chi connectivity index (χ1) is 9.74. The van der Waals surface area contributed by atoms with E-state index < -0.39 is 11.9 Å². The fourth-order valence-electron chi connectivity index (χ4n) is 1.93. The highest BCUT2D eigenvalue weighted by Crippen LogP contribution is 2.32. The molecule has 0 fully saturated rings. The highest BCUT2D eigenvalue weighted by molar-refractivity contribution is 6.28. The van der Waals surface area contributed by atoms with E-state index >= 15 is 0 Å². The molecule has 20 heavy (non-hydrogen) atoms. The Morgan fingerprint density at radius 2 is 1.55 bits per heavy atom. The molecule has 0 amide bonds. The van der Waals surface area contributed by atoms with Gasteiger partial charge in [-0.25, -0.2) is 9.59 Å². The summed E-state index contributed by atoms with van der Waals surface area (Å²) in [5, 5.41) is 0. The summed E-state index contributed by atoms with van der Waals surface area (Å²) >= 11 is 0. The normalized spacial score (nSPS) is 13.9. The van der Waals surface area contributed by atoms with Crippen LogP contribution in [0, 0.1) is 0 Å². The van der Waals surface area contributed by atoms with Gasteiger partial charge < -0.3 is 9.47 Å². The van der Waals surface area contributed by atoms with Crippen molar-refractivity contribution in [3.05, 3.63) is 66.2 Å². The average Bonchev–Trinajstić information content (AvgIpc) is 2.79. The molecule has 1 aliphatic heterocycles. The fraction of sp³-hybridized carbons (Fsp3) is 0. The third-order valence-corrected chi connectivity index (χ3v) is 2.82. The molecule has 0 saturated carbocycles. The molecule has 4 nitrogen and oxygen atoms in total. The third-order valence-electron chi connectivity index (χ3n) is 2.82. The Labute approximate surface area is 115 Å². The molecule has 3 rings (SSSR count). The maximum atomic E-state index is 11.6. The Morgan fingerprint density at radius 3 is 2.25 bits per heavy atom. The van der Waals surface area contributed by atoms with E-state index in [1.807, 2.05) is 30.3 Å². The van der Waals surface area contributed by atoms with E-state index in [9.17, 15) is 9.59 Å². The first kappa shape index (κ1) is 12.2. The van der Waals surface area contributed by atoms with Gasteiger partial charge in [-0.05, 0) is 18.2 Å². The van der Waals surface area contributed by atoms with E-state index in [-0.39, 0.29) is 5.57 Å². The average molecular weight is 266 g/mol. The van der Waals surface area contributed by atoms with Crippen LogP contribution in [0.25, 0.3) is 5.57 Å². The Morgan fingerprint density at radius 1 is 0.850 bits per heavy atom. The number of carbonyl (C=O) groups excluding carboxylic acids is 2. The summed E-state index contributed by atoms with van der Waals surface area (Å²) in [6.45, 7) is 0. The summed E-state index contributed by atoms with van der Waals surface area (Å²) in [6.07, 6.45) is 1.18. The molecule has 2 aromatic carbocycles. The van der Waals surface area contributed by atoms with Crippen molar-refractivity contribution in [3.8, 4) is 11.5 Å². The second-order valence-electron chi connectivity index (χ2n) is 4.18. The van der Waals surface area contributed by atoms with Crippen LogP contribution in [-0.4, -0.2) is 11.9 Å². The zero-order chi connectivity index (χ0) is 13.9. The zero-order valence-electron chi connectivity index (χ0n) is 10.4. The van der Waals surface area contributed by atoms with Gasteiger partial charge >= 0.3 is 11.9 Å². The van der Waals surface area contributed by atoms with Gasteiger partial charge in [0.25, 0.3) is 0 Å². The van der Waals surface area contributed by atoms with Crippen molar-refractivity contribution in [1.82, 2.24) is 0 Å². The SMILES string of the molecule is O=C1C=C(c2ccccc2Oc2ccccc2)C(=O)O1. The van der Waals surface area contributed by atoms with Gasteiger partial charge in [-0.2, -0.15) is 0 Å². The predicted molar refractivity (Wildman–Crippen MR) is 72.0 cm³/mol. The summed E-state index contributed by atoms with van der Waals surface area (Å²) in [5.41, 5.74) is 0.744. The lowest BCUT2D eigenvalue weighted by Gasteiger charge is -2.10. The van der Waals surface area contributed by atoms with Crippen LogP contribution in [-0.2, 0) is 14.3 Å². The summed E-state index contributed by atoms with van der Waals surface area (Å²) in [5.74, 6) is -0.159. The standard InChI is InChI=1S/C16H10O4/c17-15-10-13(16(18)20-15)12-8-4-5-9-14(12)19-11-6-2-1-3-7-11/h1-10H. The van der Waals surface area contributed by atoms with Gasteiger partial charge in [0.05, 0.1) is 5.57 Å². The summed E-state index contributed by atoms with van der Waals surface area (Å²) in [4.78, 5) is 22.8. The first-order valence-electron chi connectivity index (χ1n) is 6.04. The number of hydrogen-bond donors (Lipinski definition) is 0. The van der Waals surface area contributed by atoms with Gasteiger partial charge in [0.1, 0.15) is 11.5 Å². The molecule has 98 valence electrons. The molecule has 1 heterocycles. The number of benzene rings is 2. The molecule has 0 saturated heterocycles. The van der Waals surface area contributed by atoms with Crippen molar-refractivity contribution in [2.24, 2.45) is 0 Å². The minimum absolute atomic E-state index is 0.210. The van der Waals surface area contributed by atoms with Crippen LogP contribution in [0.3, 0.4) is 0 Å². The molecule has 0 atom stereocenters. The van der Waals surface area contributed by atoms with E-state index in [4.69, 9.17) is 4.74 Å². The van der Waals surface area contributed by atoms with Gasteiger partial charge in [-0.15, -0.1) is 0 Å². The predicted octanol–water partition coefficient (Wildman–Crippen LogP) is 2.95. The third kappa shape index (κ3) is 2.31. The van der Waals surface area contributed by atoms with Crippen molar-refractivity contribution >= 4 is 17.5 Å². The van der Waals surface area contributed by atoms with E-state index in [0.717, 1.165) is 0 Å². The van der Waals surface area contributed by atoms with E-state index in [0.29, 0.717) is 17.1 Å². The summed E-state index contributed by atoms with van der Waals surface area (Å²) in [7, 11) is 0. The maximum Gasteiger partial charge on any atom is 0.347 e. The fourth-order valence-corrected chi connectivity index (χ4v) is 1.93. The van der Waals surface area contributed by atoms with Crippen molar-refractivity contribution < 1.29 is 19.1 Å². The minimum atomic E-state index is -0.654. The van der Waals surface area contributed by atoms with Crippen LogP contribution in [0.2, 0.25) is 0 Å². The van der Waals surface area contributed by atoms with Gasteiger partial charge in [-0.1, -0.05) is 36.4 Å². The van der Waals surface area contributed by atoms with Gasteiger partial charge in [0.2, 0.25) is 0 Å². The molecule has 0 bridgehead atoms. The zero-order valence-corrected chi connectivity index (χ0v) is 10.4. The van der Waals surface area contributed by atoms with Crippen molar-refractivity contribution in [3.63, 3.8) is 0 Å². The van der Waals surface area contributed by atoms with Gasteiger partial charge in [-0.3, -0.25) is 0 Å². The number of ether oxygens (including phenoxy) is 2. The van der Waals surface area contributed by atoms with Crippen LogP contribution in [0.15, 0.2) is 60.7 Å². The first-order valence-corrected chi connectivity index (χ1v) is 6.04. The van der Waals surface area contributed by atoms with Crippen LogP contribution >= 0.6 is 0 Å². The van der Waals surface area contributed by atoms with Crippen molar-refractivity contribution in [1.29, 1.82) is 0 Å². The van der Waals surface area contributed by atoms with Crippen LogP contribution in [0.4, 0.5) is 0 Å². The van der Waals surface area contributed by atoms with E-state index in [1.54, 1.807) is 24.3 Å².